The van der Waals surface area contributed by atoms with Crippen LogP contribution in [0.25, 0.3) is 11.5 Å². The van der Waals surface area contributed by atoms with Gasteiger partial charge in [0, 0.05) is 24.3 Å². The van der Waals surface area contributed by atoms with Crippen molar-refractivity contribution in [1.82, 2.24) is 14.5 Å². The zero-order valence-corrected chi connectivity index (χ0v) is 17.2. The van der Waals surface area contributed by atoms with E-state index >= 15 is 0 Å². The highest BCUT2D eigenvalue weighted by molar-refractivity contribution is 7.89. The van der Waals surface area contributed by atoms with Crippen LogP contribution in [-0.2, 0) is 19.6 Å². The van der Waals surface area contributed by atoms with Gasteiger partial charge < -0.3 is 19.2 Å². The van der Waals surface area contributed by atoms with E-state index < -0.39 is 15.9 Å². The van der Waals surface area contributed by atoms with E-state index in [4.69, 9.17) is 13.9 Å². The average Bonchev–Trinajstić information content (AvgIpc) is 3.34. The maximum atomic E-state index is 12.8. The molecule has 1 aromatic heterocycles. The van der Waals surface area contributed by atoms with Crippen molar-refractivity contribution < 1.29 is 27.1 Å². The minimum Gasteiger partial charge on any atom is -0.484 e. The fraction of sp³-hybridized carbons (Fsp3) is 0.250. The molecule has 1 saturated heterocycles. The predicted molar refractivity (Wildman–Crippen MR) is 110 cm³/mol. The predicted octanol–water partition coefficient (Wildman–Crippen LogP) is 1.77. The largest absolute Gasteiger partial charge is 0.484 e. The van der Waals surface area contributed by atoms with Crippen molar-refractivity contribution in [3.8, 4) is 17.2 Å². The van der Waals surface area contributed by atoms with Crippen LogP contribution in [0.5, 0.6) is 5.75 Å². The summed E-state index contributed by atoms with van der Waals surface area (Å²) < 4.78 is 42.7. The van der Waals surface area contributed by atoms with Crippen LogP contribution in [0.3, 0.4) is 0 Å². The van der Waals surface area contributed by atoms with Crippen LogP contribution in [-0.4, -0.2) is 61.7 Å². The first-order valence-electron chi connectivity index (χ1n) is 9.49. The van der Waals surface area contributed by atoms with E-state index in [-0.39, 0.29) is 11.5 Å². The molecule has 0 atom stereocenters. The summed E-state index contributed by atoms with van der Waals surface area (Å²) in [6.07, 6.45) is 1.24. The lowest BCUT2D eigenvalue weighted by molar-refractivity contribution is -0.118. The Balaban J connectivity index is 1.35. The summed E-state index contributed by atoms with van der Waals surface area (Å²) in [5.41, 5.74) is 1.10. The smallest absolute Gasteiger partial charge is 0.262 e. The molecule has 2 heterocycles. The van der Waals surface area contributed by atoms with Gasteiger partial charge in [-0.05, 0) is 42.5 Å². The van der Waals surface area contributed by atoms with Crippen molar-refractivity contribution in [2.24, 2.45) is 0 Å². The van der Waals surface area contributed by atoms with Gasteiger partial charge in [0.2, 0.25) is 22.3 Å². The lowest BCUT2D eigenvalue weighted by atomic mass is 10.2. The highest BCUT2D eigenvalue weighted by Crippen LogP contribution is 2.22. The number of hydrogen-bond acceptors (Lipinski definition) is 8. The Kier molecular flexibility index (Phi) is 6.26. The van der Waals surface area contributed by atoms with Gasteiger partial charge in [-0.15, -0.1) is 10.2 Å². The van der Waals surface area contributed by atoms with E-state index in [1.807, 2.05) is 0 Å². The Hall–Kier alpha value is -3.28. The topological polar surface area (TPSA) is 124 Å². The number of anilines is 1. The van der Waals surface area contributed by atoms with Gasteiger partial charge >= 0.3 is 0 Å². The van der Waals surface area contributed by atoms with Crippen LogP contribution in [0, 0.1) is 0 Å². The van der Waals surface area contributed by atoms with E-state index in [9.17, 15) is 13.2 Å². The number of nitrogens with zero attached hydrogens (tertiary/aromatic N) is 3. The molecule has 1 N–H and O–H groups in total. The van der Waals surface area contributed by atoms with Crippen molar-refractivity contribution >= 4 is 21.6 Å². The Labute approximate surface area is 178 Å². The molecule has 2 aromatic carbocycles. The maximum absolute atomic E-state index is 12.8. The molecule has 0 radical (unpaired) electrons. The van der Waals surface area contributed by atoms with E-state index in [2.05, 4.69) is 15.5 Å². The van der Waals surface area contributed by atoms with Crippen molar-refractivity contribution in [1.29, 1.82) is 0 Å². The minimum absolute atomic E-state index is 0.115. The summed E-state index contributed by atoms with van der Waals surface area (Å²) in [7, 11) is -3.64. The number of amides is 1. The maximum Gasteiger partial charge on any atom is 0.262 e. The molecular weight excluding hydrogens is 424 g/mol. The Bertz CT molecular complexity index is 1130. The van der Waals surface area contributed by atoms with E-state index in [1.54, 1.807) is 36.4 Å². The second-order valence-electron chi connectivity index (χ2n) is 6.65. The molecule has 31 heavy (non-hydrogen) atoms. The van der Waals surface area contributed by atoms with Crippen LogP contribution in [0.15, 0.2) is 64.2 Å². The van der Waals surface area contributed by atoms with Crippen LogP contribution < -0.4 is 10.1 Å². The number of ether oxygens (including phenoxy) is 2. The van der Waals surface area contributed by atoms with Gasteiger partial charge in [0.05, 0.1) is 18.1 Å². The summed E-state index contributed by atoms with van der Waals surface area (Å²) in [6, 6.07) is 13.0. The quantitative estimate of drug-likeness (QED) is 0.585. The van der Waals surface area contributed by atoms with Crippen LogP contribution in [0.1, 0.15) is 0 Å². The summed E-state index contributed by atoms with van der Waals surface area (Å²) >= 11 is 0. The summed E-state index contributed by atoms with van der Waals surface area (Å²) in [5.74, 6) is 0.458. The summed E-state index contributed by atoms with van der Waals surface area (Å²) in [4.78, 5) is 12.4. The third-order valence-electron chi connectivity index (χ3n) is 4.56. The minimum atomic E-state index is -3.64. The molecule has 1 aliphatic heterocycles. The van der Waals surface area contributed by atoms with E-state index in [1.165, 1.54) is 22.8 Å². The normalized spacial score (nSPS) is 14.8. The fourth-order valence-electron chi connectivity index (χ4n) is 3.01. The third-order valence-corrected chi connectivity index (χ3v) is 6.45. The lowest BCUT2D eigenvalue weighted by Gasteiger charge is -2.26. The zero-order chi connectivity index (χ0) is 21.7. The number of hydrogen-bond donors (Lipinski definition) is 1. The molecule has 1 fully saturated rings. The zero-order valence-electron chi connectivity index (χ0n) is 16.4. The molecule has 0 aliphatic carbocycles. The monoisotopic (exact) mass is 444 g/mol. The molecule has 0 unspecified atom stereocenters. The number of benzene rings is 2. The van der Waals surface area contributed by atoms with Gasteiger partial charge in [0.1, 0.15) is 5.75 Å². The second-order valence-corrected chi connectivity index (χ2v) is 8.59. The van der Waals surface area contributed by atoms with Gasteiger partial charge in [-0.1, -0.05) is 6.07 Å². The standard InChI is InChI=1S/C20H20N4O6S/c25-19(13-29-17-6-4-15(5-7-17)20-23-21-14-30-20)22-16-2-1-3-18(12-16)31(26,27)24-8-10-28-11-9-24/h1-7,12,14H,8-11,13H2,(H,22,25). The van der Waals surface area contributed by atoms with Gasteiger partial charge in [0.15, 0.2) is 6.61 Å². The number of morpholine rings is 1. The summed E-state index contributed by atoms with van der Waals surface area (Å²) in [5, 5.41) is 10.1. The first kappa shape index (κ1) is 21.0. The molecule has 11 heteroatoms. The van der Waals surface area contributed by atoms with Gasteiger partial charge in [-0.3, -0.25) is 4.79 Å². The first-order chi connectivity index (χ1) is 15.0. The van der Waals surface area contributed by atoms with Gasteiger partial charge in [0.25, 0.3) is 5.91 Å². The molecule has 10 nitrogen and oxygen atoms in total. The van der Waals surface area contributed by atoms with E-state index in [0.29, 0.717) is 43.6 Å². The molecule has 162 valence electrons. The molecule has 0 spiro atoms. The number of rotatable bonds is 7. The van der Waals surface area contributed by atoms with Crippen molar-refractivity contribution in [2.75, 3.05) is 38.2 Å². The molecule has 1 amide bonds. The van der Waals surface area contributed by atoms with Gasteiger partial charge in [-0.2, -0.15) is 4.31 Å². The van der Waals surface area contributed by atoms with Crippen LogP contribution in [0.4, 0.5) is 5.69 Å². The molecule has 0 bridgehead atoms. The van der Waals surface area contributed by atoms with Crippen LogP contribution >= 0.6 is 0 Å². The Morgan fingerprint density at radius 1 is 1.13 bits per heavy atom. The van der Waals surface area contributed by atoms with Crippen molar-refractivity contribution in [3.05, 3.63) is 54.9 Å². The Morgan fingerprint density at radius 3 is 2.61 bits per heavy atom. The number of carbonyl (C=O) groups is 1. The van der Waals surface area contributed by atoms with E-state index in [0.717, 1.165) is 5.56 Å². The van der Waals surface area contributed by atoms with Crippen LogP contribution in [0.2, 0.25) is 0 Å². The first-order valence-corrected chi connectivity index (χ1v) is 10.9. The highest BCUT2D eigenvalue weighted by Gasteiger charge is 2.26. The lowest BCUT2D eigenvalue weighted by Crippen LogP contribution is -2.40. The molecule has 0 saturated carbocycles. The Morgan fingerprint density at radius 2 is 1.90 bits per heavy atom. The average molecular weight is 444 g/mol. The fourth-order valence-corrected chi connectivity index (χ4v) is 4.46. The van der Waals surface area contributed by atoms with Crippen molar-refractivity contribution in [2.45, 2.75) is 4.90 Å². The second kappa shape index (κ2) is 9.25. The number of nitrogens with one attached hydrogen (secondary N) is 1. The third kappa shape index (κ3) is 5.08. The number of carbonyl (C=O) groups excluding carboxylic acids is 1. The number of aromatic nitrogens is 2. The molecular formula is C20H20N4O6S. The number of sulfonamides is 1. The highest BCUT2D eigenvalue weighted by atomic mass is 32.2. The molecule has 3 aromatic rings. The summed E-state index contributed by atoms with van der Waals surface area (Å²) in [6.45, 7) is 1.10. The molecule has 4 rings (SSSR count). The van der Waals surface area contributed by atoms with Gasteiger partial charge in [-0.25, -0.2) is 8.42 Å². The van der Waals surface area contributed by atoms with Crippen molar-refractivity contribution in [3.63, 3.8) is 0 Å². The SMILES string of the molecule is O=C(COc1ccc(-c2nnco2)cc1)Nc1cccc(S(=O)(=O)N2CCOCC2)c1. The molecule has 1 aliphatic rings.